The number of ether oxygens (including phenoxy) is 1. The largest absolute Gasteiger partial charge is 0.484 e. The van der Waals surface area contributed by atoms with Crippen molar-refractivity contribution in [1.82, 2.24) is 20.4 Å². The van der Waals surface area contributed by atoms with E-state index in [0.717, 1.165) is 27.6 Å². The first-order valence-electron chi connectivity index (χ1n) is 9.77. The number of hydrogen-bond acceptors (Lipinski definition) is 4. The maximum atomic E-state index is 12.3. The van der Waals surface area contributed by atoms with Gasteiger partial charge in [0.1, 0.15) is 18.1 Å². The Hall–Kier alpha value is -3.87. The zero-order valence-electron chi connectivity index (χ0n) is 16.6. The first-order valence-corrected chi connectivity index (χ1v) is 9.77. The Morgan fingerprint density at radius 3 is 2.50 bits per heavy atom. The van der Waals surface area contributed by atoms with E-state index in [1.54, 1.807) is 0 Å². The molecule has 0 aliphatic carbocycles. The molecule has 0 aliphatic heterocycles. The molecule has 3 aromatic carbocycles. The molecule has 0 saturated carbocycles. The summed E-state index contributed by atoms with van der Waals surface area (Å²) >= 11 is 0. The number of hydrogen-bond donors (Lipinski definition) is 2. The van der Waals surface area contributed by atoms with Crippen LogP contribution in [0.25, 0.3) is 21.8 Å². The number of imidazole rings is 1. The highest BCUT2D eigenvalue weighted by Crippen LogP contribution is 2.20. The Morgan fingerprint density at radius 2 is 1.67 bits per heavy atom. The molecule has 0 unspecified atom stereocenters. The number of amides is 2. The van der Waals surface area contributed by atoms with E-state index in [-0.39, 0.29) is 19.1 Å². The summed E-state index contributed by atoms with van der Waals surface area (Å²) in [7, 11) is 0. The molecule has 0 spiro atoms. The lowest BCUT2D eigenvalue weighted by Gasteiger charge is -2.11. The minimum Gasteiger partial charge on any atom is -0.484 e. The third kappa shape index (κ3) is 4.25. The quantitative estimate of drug-likeness (QED) is 0.486. The van der Waals surface area contributed by atoms with E-state index < -0.39 is 5.91 Å². The molecule has 1 heterocycles. The molecule has 4 rings (SSSR count). The maximum Gasteiger partial charge on any atom is 0.276 e. The molecule has 0 radical (unpaired) electrons. The van der Waals surface area contributed by atoms with Gasteiger partial charge in [0, 0.05) is 6.42 Å². The third-order valence-corrected chi connectivity index (χ3v) is 4.78. The number of rotatable bonds is 6. The van der Waals surface area contributed by atoms with Gasteiger partial charge in [0.05, 0.1) is 11.0 Å². The molecule has 4 aromatic rings. The fourth-order valence-electron chi connectivity index (χ4n) is 3.34. The van der Waals surface area contributed by atoms with Gasteiger partial charge in [-0.05, 0) is 35.0 Å². The Morgan fingerprint density at radius 1 is 0.933 bits per heavy atom. The van der Waals surface area contributed by atoms with Gasteiger partial charge in [0.25, 0.3) is 11.8 Å². The zero-order chi connectivity index (χ0) is 20.9. The molecule has 0 atom stereocenters. The van der Waals surface area contributed by atoms with Crippen LogP contribution in [-0.2, 0) is 22.6 Å². The molecule has 152 valence electrons. The predicted octanol–water partition coefficient (Wildman–Crippen LogP) is 2.98. The number of carbonyl (C=O) groups is 2. The molecule has 1 aromatic heterocycles. The summed E-state index contributed by atoms with van der Waals surface area (Å²) in [5.74, 6) is 0.625. The first kappa shape index (κ1) is 19.4. The molecule has 0 saturated heterocycles. The van der Waals surface area contributed by atoms with Gasteiger partial charge >= 0.3 is 0 Å². The molecule has 7 nitrogen and oxygen atoms in total. The van der Waals surface area contributed by atoms with Crippen molar-refractivity contribution in [3.8, 4) is 5.75 Å². The Balaban J connectivity index is 1.31. The monoisotopic (exact) mass is 402 g/mol. The number of nitrogens with one attached hydrogen (secondary N) is 2. The van der Waals surface area contributed by atoms with Gasteiger partial charge in [0.2, 0.25) is 0 Å². The standard InChI is InChI=1S/C23H22N4O3/c1-2-21-24-19-9-5-6-10-20(19)27(21)14-22(28)25-26-23(29)15-30-18-12-11-16-7-3-4-8-17(16)13-18/h3-13H,2,14-15H2,1H3,(H,25,28)(H,26,29). The second-order valence-corrected chi connectivity index (χ2v) is 6.85. The Bertz CT molecular complexity index is 1220. The van der Waals surface area contributed by atoms with Gasteiger partial charge in [-0.15, -0.1) is 0 Å². The molecule has 0 aliphatic rings. The summed E-state index contributed by atoms with van der Waals surface area (Å²) in [5.41, 5.74) is 6.55. The summed E-state index contributed by atoms with van der Waals surface area (Å²) in [6.07, 6.45) is 0.702. The molecule has 2 N–H and O–H groups in total. The highest BCUT2D eigenvalue weighted by atomic mass is 16.5. The van der Waals surface area contributed by atoms with Crippen LogP contribution in [0.1, 0.15) is 12.7 Å². The summed E-state index contributed by atoms with van der Waals surface area (Å²) in [5, 5.41) is 2.13. The number of fused-ring (bicyclic) bond motifs is 2. The van der Waals surface area contributed by atoms with Crippen molar-refractivity contribution >= 4 is 33.6 Å². The van der Waals surface area contributed by atoms with Gasteiger partial charge in [-0.1, -0.05) is 49.4 Å². The lowest BCUT2D eigenvalue weighted by Crippen LogP contribution is -2.45. The molecular weight excluding hydrogens is 380 g/mol. The van der Waals surface area contributed by atoms with E-state index in [2.05, 4.69) is 15.8 Å². The summed E-state index contributed by atoms with van der Waals surface area (Å²) in [4.78, 5) is 28.9. The third-order valence-electron chi connectivity index (χ3n) is 4.78. The predicted molar refractivity (Wildman–Crippen MR) is 115 cm³/mol. The average Bonchev–Trinajstić information content (AvgIpc) is 3.13. The maximum absolute atomic E-state index is 12.3. The summed E-state index contributed by atoms with van der Waals surface area (Å²) in [6.45, 7) is 1.85. The molecule has 2 amide bonds. The van der Waals surface area contributed by atoms with Crippen LogP contribution in [0, 0.1) is 0 Å². The van der Waals surface area contributed by atoms with Gasteiger partial charge in [-0.25, -0.2) is 4.98 Å². The fraction of sp³-hybridized carbons (Fsp3) is 0.174. The van der Waals surface area contributed by atoms with Crippen LogP contribution in [-0.4, -0.2) is 28.0 Å². The van der Waals surface area contributed by atoms with Gasteiger partial charge in [-0.2, -0.15) is 0 Å². The lowest BCUT2D eigenvalue weighted by atomic mass is 10.1. The first-order chi connectivity index (χ1) is 14.6. The number of hydrazine groups is 1. The van der Waals surface area contributed by atoms with Gasteiger partial charge in [-0.3, -0.25) is 20.4 Å². The van der Waals surface area contributed by atoms with Gasteiger partial charge < -0.3 is 9.30 Å². The summed E-state index contributed by atoms with van der Waals surface area (Å²) < 4.78 is 7.38. The number of para-hydroxylation sites is 2. The van der Waals surface area contributed by atoms with Crippen molar-refractivity contribution in [3.63, 3.8) is 0 Å². The lowest BCUT2D eigenvalue weighted by molar-refractivity contribution is -0.130. The Labute approximate surface area is 173 Å². The van der Waals surface area contributed by atoms with E-state index in [9.17, 15) is 9.59 Å². The van der Waals surface area contributed by atoms with Crippen molar-refractivity contribution in [2.24, 2.45) is 0 Å². The number of carbonyl (C=O) groups excluding carboxylic acids is 2. The van der Waals surface area contributed by atoms with Crippen LogP contribution in [0.15, 0.2) is 66.7 Å². The van der Waals surface area contributed by atoms with Crippen LogP contribution >= 0.6 is 0 Å². The highest BCUT2D eigenvalue weighted by molar-refractivity contribution is 5.85. The van der Waals surface area contributed by atoms with Crippen LogP contribution in [0.4, 0.5) is 0 Å². The minimum absolute atomic E-state index is 0.0650. The number of benzene rings is 3. The average molecular weight is 402 g/mol. The van der Waals surface area contributed by atoms with Crippen LogP contribution in [0.3, 0.4) is 0 Å². The van der Waals surface area contributed by atoms with Crippen molar-refractivity contribution in [2.45, 2.75) is 19.9 Å². The molecular formula is C23H22N4O3. The van der Waals surface area contributed by atoms with Gasteiger partial charge in [0.15, 0.2) is 6.61 Å². The smallest absolute Gasteiger partial charge is 0.276 e. The number of nitrogens with zero attached hydrogens (tertiary/aromatic N) is 2. The molecule has 0 bridgehead atoms. The highest BCUT2D eigenvalue weighted by Gasteiger charge is 2.13. The van der Waals surface area contributed by atoms with Crippen LogP contribution in [0.2, 0.25) is 0 Å². The van der Waals surface area contributed by atoms with Crippen LogP contribution < -0.4 is 15.6 Å². The van der Waals surface area contributed by atoms with Crippen molar-refractivity contribution in [2.75, 3.05) is 6.61 Å². The van der Waals surface area contributed by atoms with E-state index in [1.165, 1.54) is 0 Å². The number of aromatic nitrogens is 2. The van der Waals surface area contributed by atoms with E-state index >= 15 is 0 Å². The topological polar surface area (TPSA) is 85.3 Å². The number of aryl methyl sites for hydroxylation is 1. The van der Waals surface area contributed by atoms with Crippen LogP contribution in [0.5, 0.6) is 5.75 Å². The SMILES string of the molecule is CCc1nc2ccccc2n1CC(=O)NNC(=O)COc1ccc2ccccc2c1. The second-order valence-electron chi connectivity index (χ2n) is 6.85. The van der Waals surface area contributed by atoms with Crippen molar-refractivity contribution < 1.29 is 14.3 Å². The zero-order valence-corrected chi connectivity index (χ0v) is 16.6. The van der Waals surface area contributed by atoms with Crippen molar-refractivity contribution in [3.05, 3.63) is 72.6 Å². The molecule has 0 fully saturated rings. The van der Waals surface area contributed by atoms with E-state index in [1.807, 2.05) is 78.2 Å². The molecule has 30 heavy (non-hydrogen) atoms. The van der Waals surface area contributed by atoms with Crippen molar-refractivity contribution in [1.29, 1.82) is 0 Å². The normalized spacial score (nSPS) is 10.8. The Kier molecular flexibility index (Phi) is 5.61. The van der Waals surface area contributed by atoms with E-state index in [4.69, 9.17) is 4.74 Å². The van der Waals surface area contributed by atoms with E-state index in [0.29, 0.717) is 12.2 Å². The molecule has 7 heteroatoms. The summed E-state index contributed by atoms with van der Waals surface area (Å²) in [6, 6.07) is 21.2. The fourth-order valence-corrected chi connectivity index (χ4v) is 3.34. The minimum atomic E-state index is -0.442. The second kappa shape index (κ2) is 8.65.